The van der Waals surface area contributed by atoms with Crippen molar-refractivity contribution in [1.82, 2.24) is 8.61 Å². The molecule has 5 nitrogen and oxygen atoms in total. The Balaban J connectivity index is 2.80. The van der Waals surface area contributed by atoms with E-state index in [1.807, 2.05) is 19.9 Å². The maximum atomic E-state index is 12.6. The van der Waals surface area contributed by atoms with Gasteiger partial charge >= 0.3 is 0 Å². The summed E-state index contributed by atoms with van der Waals surface area (Å²) in [5, 5.41) is 8.69. The van der Waals surface area contributed by atoms with Gasteiger partial charge in [0.2, 0.25) is 0 Å². The first-order valence-corrected chi connectivity index (χ1v) is 8.50. The Hall–Kier alpha value is -0.640. The zero-order valence-electron chi connectivity index (χ0n) is 12.0. The first-order valence-electron chi connectivity index (χ1n) is 7.10. The van der Waals surface area contributed by atoms with E-state index in [4.69, 9.17) is 5.26 Å². The van der Waals surface area contributed by atoms with Gasteiger partial charge in [-0.2, -0.15) is 22.3 Å². The molecule has 0 saturated carbocycles. The van der Waals surface area contributed by atoms with Gasteiger partial charge in [0.1, 0.15) is 0 Å². The highest BCUT2D eigenvalue weighted by Crippen LogP contribution is 2.17. The number of hydrogen-bond donors (Lipinski definition) is 0. The number of hydrogen-bond acceptors (Lipinski definition) is 3. The summed E-state index contributed by atoms with van der Waals surface area (Å²) in [7, 11) is -3.40. The molecule has 0 spiro atoms. The lowest BCUT2D eigenvalue weighted by Gasteiger charge is -2.29. The third kappa shape index (κ3) is 5.09. The number of nitriles is 1. The molecule has 0 aromatic rings. The second-order valence-corrected chi connectivity index (χ2v) is 7.41. The Morgan fingerprint density at radius 1 is 1.21 bits per heavy atom. The monoisotopic (exact) mass is 287 g/mol. The first kappa shape index (κ1) is 16.4. The van der Waals surface area contributed by atoms with E-state index in [0.717, 1.165) is 25.7 Å². The third-order valence-electron chi connectivity index (χ3n) is 3.26. The molecule has 19 heavy (non-hydrogen) atoms. The summed E-state index contributed by atoms with van der Waals surface area (Å²) in [4.78, 5) is 0. The van der Waals surface area contributed by atoms with Gasteiger partial charge in [-0.05, 0) is 18.8 Å². The smallest absolute Gasteiger partial charge is 0.198 e. The van der Waals surface area contributed by atoms with E-state index in [1.54, 1.807) is 4.31 Å². The van der Waals surface area contributed by atoms with Crippen molar-refractivity contribution in [1.29, 1.82) is 5.26 Å². The Kier molecular flexibility index (Phi) is 6.76. The van der Waals surface area contributed by atoms with Crippen LogP contribution < -0.4 is 0 Å². The Bertz CT molecular complexity index is 393. The van der Waals surface area contributed by atoms with Crippen molar-refractivity contribution in [2.24, 2.45) is 5.92 Å². The summed E-state index contributed by atoms with van der Waals surface area (Å²) in [5.74, 6) is 0.264. The van der Waals surface area contributed by atoms with E-state index < -0.39 is 10.2 Å². The highest BCUT2D eigenvalue weighted by Gasteiger charge is 2.29. The van der Waals surface area contributed by atoms with Crippen molar-refractivity contribution in [3.05, 3.63) is 0 Å². The molecule has 6 heteroatoms. The van der Waals surface area contributed by atoms with Crippen LogP contribution in [-0.2, 0) is 10.2 Å². The van der Waals surface area contributed by atoms with Crippen LogP contribution >= 0.6 is 0 Å². The van der Waals surface area contributed by atoms with E-state index in [0.29, 0.717) is 26.2 Å². The van der Waals surface area contributed by atoms with Crippen LogP contribution in [0.15, 0.2) is 0 Å². The molecule has 0 N–H and O–H groups in total. The summed E-state index contributed by atoms with van der Waals surface area (Å²) >= 11 is 0. The Labute approximate surface area is 117 Å². The second-order valence-electron chi connectivity index (χ2n) is 5.48. The van der Waals surface area contributed by atoms with Crippen LogP contribution in [0, 0.1) is 17.2 Å². The lowest BCUT2D eigenvalue weighted by atomic mass is 10.2. The lowest BCUT2D eigenvalue weighted by Crippen LogP contribution is -2.46. The maximum Gasteiger partial charge on any atom is 0.282 e. The lowest BCUT2D eigenvalue weighted by molar-refractivity contribution is 0.321. The molecular formula is C13H25N3O2S. The third-order valence-corrected chi connectivity index (χ3v) is 5.26. The molecule has 110 valence electrons. The SMILES string of the molecule is CC(C)CN(CCC#N)S(=O)(=O)N1CCCCCC1. The van der Waals surface area contributed by atoms with Gasteiger partial charge in [0.25, 0.3) is 10.2 Å². The first-order chi connectivity index (χ1) is 8.98. The van der Waals surface area contributed by atoms with Gasteiger partial charge in [-0.1, -0.05) is 26.7 Å². The zero-order chi connectivity index (χ0) is 14.3. The standard InChI is InChI=1S/C13H25N3O2S/c1-13(2)12-16(11-7-8-14)19(17,18)15-9-5-3-4-6-10-15/h13H,3-7,9-12H2,1-2H3. The van der Waals surface area contributed by atoms with Gasteiger partial charge in [-0.25, -0.2) is 0 Å². The van der Waals surface area contributed by atoms with Crippen LogP contribution in [-0.4, -0.2) is 43.2 Å². The molecule has 1 aliphatic heterocycles. The second kappa shape index (κ2) is 7.83. The van der Waals surface area contributed by atoms with E-state index in [1.165, 1.54) is 4.31 Å². The molecule has 0 aliphatic carbocycles. The van der Waals surface area contributed by atoms with E-state index in [-0.39, 0.29) is 12.3 Å². The summed E-state index contributed by atoms with van der Waals surface area (Å²) in [6.45, 7) is 6.01. The van der Waals surface area contributed by atoms with Gasteiger partial charge in [-0.15, -0.1) is 0 Å². The molecule has 0 aromatic carbocycles. The zero-order valence-corrected chi connectivity index (χ0v) is 12.8. The molecule has 0 unspecified atom stereocenters. The average Bonchev–Trinajstić information content (AvgIpc) is 2.63. The highest BCUT2D eigenvalue weighted by molar-refractivity contribution is 7.86. The minimum absolute atomic E-state index is 0.250. The molecule has 0 atom stereocenters. The van der Waals surface area contributed by atoms with E-state index >= 15 is 0 Å². The minimum atomic E-state index is -3.40. The predicted molar refractivity (Wildman–Crippen MR) is 75.6 cm³/mol. The van der Waals surface area contributed by atoms with Crippen LogP contribution in [0.4, 0.5) is 0 Å². The van der Waals surface area contributed by atoms with Gasteiger partial charge in [0.15, 0.2) is 0 Å². The van der Waals surface area contributed by atoms with Gasteiger partial charge < -0.3 is 0 Å². The van der Waals surface area contributed by atoms with Gasteiger partial charge in [-0.3, -0.25) is 0 Å². The fraction of sp³-hybridized carbons (Fsp3) is 0.923. The molecule has 1 saturated heterocycles. The largest absolute Gasteiger partial charge is 0.282 e. The Morgan fingerprint density at radius 3 is 2.26 bits per heavy atom. The Morgan fingerprint density at radius 2 is 1.79 bits per heavy atom. The van der Waals surface area contributed by atoms with Crippen molar-refractivity contribution in [2.75, 3.05) is 26.2 Å². The molecular weight excluding hydrogens is 262 g/mol. The average molecular weight is 287 g/mol. The minimum Gasteiger partial charge on any atom is -0.198 e. The quantitative estimate of drug-likeness (QED) is 0.750. The van der Waals surface area contributed by atoms with Crippen molar-refractivity contribution >= 4 is 10.2 Å². The fourth-order valence-electron chi connectivity index (χ4n) is 2.32. The van der Waals surface area contributed by atoms with E-state index in [9.17, 15) is 8.42 Å². The molecule has 1 fully saturated rings. The molecule has 0 aromatic heterocycles. The van der Waals surface area contributed by atoms with E-state index in [2.05, 4.69) is 0 Å². The molecule has 0 bridgehead atoms. The van der Waals surface area contributed by atoms with Crippen molar-refractivity contribution in [3.8, 4) is 6.07 Å². The normalized spacial score (nSPS) is 18.5. The summed E-state index contributed by atoms with van der Waals surface area (Å²) in [6, 6.07) is 2.03. The number of nitrogens with zero attached hydrogens (tertiary/aromatic N) is 3. The number of rotatable bonds is 6. The molecule has 0 radical (unpaired) electrons. The van der Waals surface area contributed by atoms with Crippen molar-refractivity contribution < 1.29 is 8.42 Å². The highest BCUT2D eigenvalue weighted by atomic mass is 32.2. The maximum absolute atomic E-state index is 12.6. The van der Waals surface area contributed by atoms with Crippen molar-refractivity contribution in [3.63, 3.8) is 0 Å². The molecule has 1 heterocycles. The summed E-state index contributed by atoms with van der Waals surface area (Å²) in [6.07, 6.45) is 4.34. The van der Waals surface area contributed by atoms with Crippen molar-refractivity contribution in [2.45, 2.75) is 46.0 Å². The van der Waals surface area contributed by atoms with Crippen LogP contribution in [0.2, 0.25) is 0 Å². The van der Waals surface area contributed by atoms with Crippen LogP contribution in [0.1, 0.15) is 46.0 Å². The summed E-state index contributed by atoms with van der Waals surface area (Å²) < 4.78 is 28.3. The van der Waals surface area contributed by atoms with Gasteiger partial charge in [0.05, 0.1) is 6.07 Å². The fourth-order valence-corrected chi connectivity index (χ4v) is 4.17. The molecule has 1 rings (SSSR count). The topological polar surface area (TPSA) is 64.4 Å². The predicted octanol–water partition coefficient (Wildman–Crippen LogP) is 1.98. The molecule has 1 aliphatic rings. The molecule has 0 amide bonds. The van der Waals surface area contributed by atoms with Crippen LogP contribution in [0.5, 0.6) is 0 Å². The van der Waals surface area contributed by atoms with Crippen LogP contribution in [0.25, 0.3) is 0 Å². The van der Waals surface area contributed by atoms with Gasteiger partial charge in [0, 0.05) is 32.6 Å². The summed E-state index contributed by atoms with van der Waals surface area (Å²) in [5.41, 5.74) is 0. The van der Waals surface area contributed by atoms with Crippen LogP contribution in [0.3, 0.4) is 0 Å².